The first-order valence-electron chi connectivity index (χ1n) is 9.70. The maximum absolute atomic E-state index is 12.8. The van der Waals surface area contributed by atoms with Gasteiger partial charge in [-0.15, -0.1) is 0 Å². The van der Waals surface area contributed by atoms with Gasteiger partial charge in [0, 0.05) is 37.7 Å². The summed E-state index contributed by atoms with van der Waals surface area (Å²) in [6, 6.07) is 16.3. The smallest absolute Gasteiger partial charge is 0.309 e. The summed E-state index contributed by atoms with van der Waals surface area (Å²) in [6.45, 7) is 3.20. The Labute approximate surface area is 173 Å². The summed E-state index contributed by atoms with van der Waals surface area (Å²) in [4.78, 5) is 30.8. The first kappa shape index (κ1) is 19.8. The van der Waals surface area contributed by atoms with Gasteiger partial charge in [-0.05, 0) is 17.7 Å². The Kier molecular flexibility index (Phi) is 5.58. The quantitative estimate of drug-likeness (QED) is 0.647. The van der Waals surface area contributed by atoms with Crippen LogP contribution in [0.5, 0.6) is 0 Å². The number of benzene rings is 2. The fourth-order valence-electron chi connectivity index (χ4n) is 3.72. The molecule has 3 aromatic rings. The second-order valence-electron chi connectivity index (χ2n) is 7.42. The fourth-order valence-corrected chi connectivity index (χ4v) is 3.72. The van der Waals surface area contributed by atoms with E-state index in [2.05, 4.69) is 20.4 Å². The van der Waals surface area contributed by atoms with Crippen LogP contribution in [0.15, 0.2) is 59.1 Å². The Morgan fingerprint density at radius 1 is 1.17 bits per heavy atom. The molecule has 0 bridgehead atoms. The highest BCUT2D eigenvalue weighted by Crippen LogP contribution is 2.21. The molecule has 0 aliphatic carbocycles. The van der Waals surface area contributed by atoms with Crippen LogP contribution in [0, 0.1) is 12.8 Å². The van der Waals surface area contributed by atoms with Gasteiger partial charge in [0.15, 0.2) is 0 Å². The van der Waals surface area contributed by atoms with E-state index in [0.717, 1.165) is 5.56 Å². The zero-order valence-electron chi connectivity index (χ0n) is 16.5. The normalized spacial score (nSPS) is 19.0. The van der Waals surface area contributed by atoms with Gasteiger partial charge in [0.05, 0.1) is 12.0 Å². The zero-order chi connectivity index (χ0) is 21.1. The van der Waals surface area contributed by atoms with Gasteiger partial charge in [0.1, 0.15) is 0 Å². The number of aromatic nitrogens is 2. The number of amides is 1. The molecular formula is C22H22N4O4. The van der Waals surface area contributed by atoms with Crippen LogP contribution >= 0.6 is 0 Å². The Morgan fingerprint density at radius 3 is 2.67 bits per heavy atom. The number of carbonyl (C=O) groups is 2. The number of nitrogens with zero attached hydrogens (tertiary/aromatic N) is 3. The van der Waals surface area contributed by atoms with Crippen molar-refractivity contribution in [2.75, 3.05) is 13.1 Å². The predicted molar refractivity (Wildman–Crippen MR) is 109 cm³/mol. The van der Waals surface area contributed by atoms with Crippen LogP contribution < -0.4 is 5.32 Å². The standard InChI is InChI=1S/C22H22N4O4/c1-14-23-20(25-30-14)16-8-5-9-17(10-16)21(27)24-19-13-26(12-18(19)22(28)29)11-15-6-3-2-4-7-15/h2-10,18-19H,11-13H2,1H3,(H,24,27)(H,28,29)/t18-,19-/m1/s1. The maximum atomic E-state index is 12.8. The Hall–Kier alpha value is -3.52. The number of aliphatic carboxylic acids is 1. The van der Waals surface area contributed by atoms with Crippen molar-refractivity contribution in [3.63, 3.8) is 0 Å². The van der Waals surface area contributed by atoms with Gasteiger partial charge < -0.3 is 14.9 Å². The van der Waals surface area contributed by atoms with Gasteiger partial charge in [-0.1, -0.05) is 47.6 Å². The van der Waals surface area contributed by atoms with E-state index in [1.54, 1.807) is 31.2 Å². The van der Waals surface area contributed by atoms with E-state index >= 15 is 0 Å². The summed E-state index contributed by atoms with van der Waals surface area (Å²) in [5, 5.41) is 16.4. The molecule has 0 saturated carbocycles. The summed E-state index contributed by atoms with van der Waals surface area (Å²) in [5.41, 5.74) is 2.18. The van der Waals surface area contributed by atoms with Crippen molar-refractivity contribution < 1.29 is 19.2 Å². The predicted octanol–water partition coefficient (Wildman–Crippen LogP) is 2.36. The van der Waals surface area contributed by atoms with Crippen molar-refractivity contribution in [2.24, 2.45) is 5.92 Å². The number of likely N-dealkylation sites (tertiary alicyclic amines) is 1. The highest BCUT2D eigenvalue weighted by Gasteiger charge is 2.38. The second kappa shape index (κ2) is 8.46. The van der Waals surface area contributed by atoms with Gasteiger partial charge in [-0.2, -0.15) is 4.98 Å². The molecule has 154 valence electrons. The topological polar surface area (TPSA) is 109 Å². The number of carboxylic acid groups (broad SMARTS) is 1. The highest BCUT2D eigenvalue weighted by molar-refractivity contribution is 5.95. The minimum Gasteiger partial charge on any atom is -0.481 e. The van der Waals surface area contributed by atoms with Crippen LogP contribution in [0.3, 0.4) is 0 Å². The number of aryl methyl sites for hydroxylation is 1. The van der Waals surface area contributed by atoms with Crippen molar-refractivity contribution in [3.8, 4) is 11.4 Å². The molecular weight excluding hydrogens is 384 g/mol. The lowest BCUT2D eigenvalue weighted by Crippen LogP contribution is -2.43. The number of rotatable bonds is 6. The molecule has 1 saturated heterocycles. The molecule has 0 radical (unpaired) electrons. The summed E-state index contributed by atoms with van der Waals surface area (Å²) < 4.78 is 5.00. The van der Waals surface area contributed by atoms with Crippen LogP contribution in [-0.4, -0.2) is 51.2 Å². The minimum atomic E-state index is -0.910. The van der Waals surface area contributed by atoms with Crippen LogP contribution in [-0.2, 0) is 11.3 Å². The molecule has 1 aromatic heterocycles. The number of carbonyl (C=O) groups excluding carboxylic acids is 1. The van der Waals surface area contributed by atoms with Gasteiger partial charge in [0.2, 0.25) is 11.7 Å². The van der Waals surface area contributed by atoms with Gasteiger partial charge >= 0.3 is 5.97 Å². The molecule has 0 spiro atoms. The average molecular weight is 406 g/mol. The number of carboxylic acids is 1. The molecule has 2 atom stereocenters. The third kappa shape index (κ3) is 4.38. The average Bonchev–Trinajstić information content (AvgIpc) is 3.35. The van der Waals surface area contributed by atoms with E-state index in [9.17, 15) is 14.7 Å². The molecule has 2 N–H and O–H groups in total. The second-order valence-corrected chi connectivity index (χ2v) is 7.42. The van der Waals surface area contributed by atoms with Crippen LogP contribution in [0.25, 0.3) is 11.4 Å². The molecule has 8 nitrogen and oxygen atoms in total. The summed E-state index contributed by atoms with van der Waals surface area (Å²) in [5.74, 6) is -1.06. The molecule has 30 heavy (non-hydrogen) atoms. The molecule has 1 amide bonds. The van der Waals surface area contributed by atoms with Crippen molar-refractivity contribution >= 4 is 11.9 Å². The lowest BCUT2D eigenvalue weighted by atomic mass is 10.0. The Bertz CT molecular complexity index is 1050. The lowest BCUT2D eigenvalue weighted by Gasteiger charge is -2.17. The van der Waals surface area contributed by atoms with Crippen LogP contribution in [0.2, 0.25) is 0 Å². The van der Waals surface area contributed by atoms with E-state index in [0.29, 0.717) is 42.5 Å². The van der Waals surface area contributed by atoms with Gasteiger partial charge in [-0.25, -0.2) is 0 Å². The summed E-state index contributed by atoms with van der Waals surface area (Å²) in [6.07, 6.45) is 0. The van der Waals surface area contributed by atoms with Crippen LogP contribution in [0.1, 0.15) is 21.8 Å². The molecule has 0 unspecified atom stereocenters. The SMILES string of the molecule is Cc1nc(-c2cccc(C(=O)N[C@@H]3CN(Cc4ccccc4)C[C@H]3C(=O)O)c2)no1. The Morgan fingerprint density at radius 2 is 1.97 bits per heavy atom. The van der Waals surface area contributed by atoms with Gasteiger partial charge in [0.25, 0.3) is 5.91 Å². The van der Waals surface area contributed by atoms with Crippen molar-refractivity contribution in [1.29, 1.82) is 0 Å². The van der Waals surface area contributed by atoms with Crippen LogP contribution in [0.4, 0.5) is 0 Å². The summed E-state index contributed by atoms with van der Waals surface area (Å²) >= 11 is 0. The zero-order valence-corrected chi connectivity index (χ0v) is 16.5. The minimum absolute atomic E-state index is 0.324. The van der Waals surface area contributed by atoms with E-state index in [-0.39, 0.29) is 5.91 Å². The molecule has 1 aliphatic rings. The lowest BCUT2D eigenvalue weighted by molar-refractivity contribution is -0.141. The molecule has 2 aromatic carbocycles. The molecule has 8 heteroatoms. The van der Waals surface area contributed by atoms with E-state index in [4.69, 9.17) is 4.52 Å². The Balaban J connectivity index is 1.47. The van der Waals surface area contributed by atoms with E-state index in [1.165, 1.54) is 0 Å². The highest BCUT2D eigenvalue weighted by atomic mass is 16.5. The molecule has 2 heterocycles. The van der Waals surface area contributed by atoms with Crippen molar-refractivity contribution in [1.82, 2.24) is 20.4 Å². The largest absolute Gasteiger partial charge is 0.481 e. The maximum Gasteiger partial charge on any atom is 0.309 e. The molecule has 1 aliphatic heterocycles. The van der Waals surface area contributed by atoms with E-state index < -0.39 is 17.9 Å². The van der Waals surface area contributed by atoms with Gasteiger partial charge in [-0.3, -0.25) is 14.5 Å². The first-order valence-corrected chi connectivity index (χ1v) is 9.70. The number of hydrogen-bond donors (Lipinski definition) is 2. The number of hydrogen-bond acceptors (Lipinski definition) is 6. The number of nitrogens with one attached hydrogen (secondary N) is 1. The van der Waals surface area contributed by atoms with Crippen molar-refractivity contribution in [3.05, 3.63) is 71.6 Å². The monoisotopic (exact) mass is 406 g/mol. The molecule has 1 fully saturated rings. The van der Waals surface area contributed by atoms with E-state index in [1.807, 2.05) is 30.3 Å². The third-order valence-corrected chi connectivity index (χ3v) is 5.19. The van der Waals surface area contributed by atoms with Crippen molar-refractivity contribution in [2.45, 2.75) is 19.5 Å². The molecule has 4 rings (SSSR count). The first-order chi connectivity index (χ1) is 14.5. The third-order valence-electron chi connectivity index (χ3n) is 5.19. The summed E-state index contributed by atoms with van der Waals surface area (Å²) in [7, 11) is 0. The fraction of sp³-hybridized carbons (Fsp3) is 0.273.